The van der Waals surface area contributed by atoms with Gasteiger partial charge in [0.25, 0.3) is 0 Å². The van der Waals surface area contributed by atoms with E-state index < -0.39 is 5.97 Å². The number of carboxylic acids is 1. The van der Waals surface area contributed by atoms with E-state index in [9.17, 15) is 4.79 Å². The Morgan fingerprint density at radius 1 is 1.91 bits per heavy atom. The van der Waals surface area contributed by atoms with Crippen LogP contribution in [0, 0.1) is 10.5 Å². The summed E-state index contributed by atoms with van der Waals surface area (Å²) < 4.78 is 2.45. The molecule has 60 valence electrons. The van der Waals surface area contributed by atoms with Crippen LogP contribution in [-0.2, 0) is 11.3 Å². The van der Waals surface area contributed by atoms with Gasteiger partial charge in [0, 0.05) is 5.69 Å². The predicted octanol–water partition coefficient (Wildman–Crippen LogP) is 0.881. The number of carbonyl (C=O) groups is 1. The van der Waals surface area contributed by atoms with Crippen molar-refractivity contribution in [2.45, 2.75) is 13.5 Å². The maximum absolute atomic E-state index is 10.3. The molecule has 0 saturated heterocycles. The van der Waals surface area contributed by atoms with Crippen molar-refractivity contribution in [2.24, 2.45) is 0 Å². The quantitative estimate of drug-likeness (QED) is 0.808. The van der Waals surface area contributed by atoms with Crippen LogP contribution in [0.1, 0.15) is 5.69 Å². The molecule has 0 aliphatic carbocycles. The summed E-state index contributed by atoms with van der Waals surface area (Å²) in [6.07, 6.45) is 1.65. The number of carboxylic acid groups (broad SMARTS) is 1. The van der Waals surface area contributed by atoms with Gasteiger partial charge in [-0.2, -0.15) is 5.10 Å². The number of hydrogen-bond acceptors (Lipinski definition) is 2. The number of aromatic nitrogens is 2. The van der Waals surface area contributed by atoms with Crippen molar-refractivity contribution in [1.82, 2.24) is 9.78 Å². The van der Waals surface area contributed by atoms with Gasteiger partial charge >= 0.3 is 5.97 Å². The van der Waals surface area contributed by atoms with E-state index >= 15 is 0 Å². The number of nitrogens with zero attached hydrogens (tertiary/aromatic N) is 2. The summed E-state index contributed by atoms with van der Waals surface area (Å²) in [7, 11) is 0. The molecule has 5 heteroatoms. The van der Waals surface area contributed by atoms with Crippen LogP contribution < -0.4 is 0 Å². The van der Waals surface area contributed by atoms with Crippen LogP contribution >= 0.6 is 22.6 Å². The maximum atomic E-state index is 10.3. The average Bonchev–Trinajstić information content (AvgIpc) is 2.18. The first-order chi connectivity index (χ1) is 5.11. The van der Waals surface area contributed by atoms with E-state index in [0.717, 1.165) is 9.26 Å². The summed E-state index contributed by atoms with van der Waals surface area (Å²) in [5.74, 6) is -0.868. The summed E-state index contributed by atoms with van der Waals surface area (Å²) in [5, 5.41) is 12.3. The van der Waals surface area contributed by atoms with Crippen LogP contribution in [-0.4, -0.2) is 20.9 Å². The zero-order chi connectivity index (χ0) is 8.43. The van der Waals surface area contributed by atoms with Crippen molar-refractivity contribution in [2.75, 3.05) is 0 Å². The number of halogens is 1. The fourth-order valence-electron chi connectivity index (χ4n) is 0.711. The van der Waals surface area contributed by atoms with Crippen LogP contribution in [0.25, 0.3) is 0 Å². The number of rotatable bonds is 2. The monoisotopic (exact) mass is 266 g/mol. The van der Waals surface area contributed by atoms with E-state index in [1.807, 2.05) is 6.92 Å². The van der Waals surface area contributed by atoms with Gasteiger partial charge in [0.1, 0.15) is 6.54 Å². The molecule has 0 radical (unpaired) electrons. The first kappa shape index (κ1) is 8.51. The lowest BCUT2D eigenvalue weighted by atomic mass is 10.5. The van der Waals surface area contributed by atoms with E-state index in [4.69, 9.17) is 5.11 Å². The molecule has 0 fully saturated rings. The summed E-state index contributed by atoms with van der Waals surface area (Å²) in [4.78, 5) is 10.3. The highest BCUT2D eigenvalue weighted by Crippen LogP contribution is 2.08. The molecule has 1 N–H and O–H groups in total. The third-order valence-corrected chi connectivity index (χ3v) is 2.39. The molecule has 1 aromatic heterocycles. The molecule has 0 spiro atoms. The predicted molar refractivity (Wildman–Crippen MR) is 47.3 cm³/mol. The molecule has 0 aliphatic rings. The highest BCUT2D eigenvalue weighted by atomic mass is 127. The van der Waals surface area contributed by atoms with E-state index in [-0.39, 0.29) is 6.54 Å². The van der Waals surface area contributed by atoms with Gasteiger partial charge in [-0.1, -0.05) is 0 Å². The number of hydrogen-bond donors (Lipinski definition) is 1. The molecule has 0 unspecified atom stereocenters. The van der Waals surface area contributed by atoms with Crippen molar-refractivity contribution < 1.29 is 9.90 Å². The van der Waals surface area contributed by atoms with Crippen molar-refractivity contribution in [3.05, 3.63) is 15.5 Å². The fourth-order valence-corrected chi connectivity index (χ4v) is 1.11. The van der Waals surface area contributed by atoms with Gasteiger partial charge in [-0.3, -0.25) is 9.48 Å². The van der Waals surface area contributed by atoms with Crippen LogP contribution in [0.5, 0.6) is 0 Å². The SMILES string of the molecule is Cc1c(I)cnn1CC(=O)O. The lowest BCUT2D eigenvalue weighted by Gasteiger charge is -1.98. The Morgan fingerprint density at radius 2 is 2.55 bits per heavy atom. The minimum Gasteiger partial charge on any atom is -0.480 e. The van der Waals surface area contributed by atoms with E-state index in [1.165, 1.54) is 4.68 Å². The molecule has 0 amide bonds. The minimum atomic E-state index is -0.868. The summed E-state index contributed by atoms with van der Waals surface area (Å²) in [5.41, 5.74) is 0.896. The Bertz CT molecular complexity index is 282. The Hall–Kier alpha value is -0.590. The minimum absolute atomic E-state index is 0.0607. The zero-order valence-corrected chi connectivity index (χ0v) is 8.07. The largest absolute Gasteiger partial charge is 0.480 e. The van der Waals surface area contributed by atoms with Crippen molar-refractivity contribution in [3.63, 3.8) is 0 Å². The molecule has 0 bridgehead atoms. The maximum Gasteiger partial charge on any atom is 0.325 e. The van der Waals surface area contributed by atoms with E-state index in [1.54, 1.807) is 6.20 Å². The van der Waals surface area contributed by atoms with Crippen molar-refractivity contribution in [3.8, 4) is 0 Å². The van der Waals surface area contributed by atoms with E-state index in [2.05, 4.69) is 27.7 Å². The lowest BCUT2D eigenvalue weighted by molar-refractivity contribution is -0.137. The first-order valence-corrected chi connectivity index (χ1v) is 4.09. The van der Waals surface area contributed by atoms with Gasteiger partial charge in [0.05, 0.1) is 9.77 Å². The topological polar surface area (TPSA) is 55.1 Å². The Balaban J connectivity index is 2.87. The second-order valence-corrected chi connectivity index (χ2v) is 3.29. The molecule has 0 atom stereocenters. The average molecular weight is 266 g/mol. The molecule has 0 aromatic carbocycles. The smallest absolute Gasteiger partial charge is 0.325 e. The lowest BCUT2D eigenvalue weighted by Crippen LogP contribution is -2.11. The van der Waals surface area contributed by atoms with Crippen molar-refractivity contribution in [1.29, 1.82) is 0 Å². The molecule has 1 aromatic rings. The first-order valence-electron chi connectivity index (χ1n) is 3.01. The Morgan fingerprint density at radius 3 is 2.91 bits per heavy atom. The molecule has 0 saturated carbocycles. The van der Waals surface area contributed by atoms with Gasteiger partial charge in [-0.25, -0.2) is 0 Å². The molecular weight excluding hydrogens is 259 g/mol. The summed E-state index contributed by atoms with van der Waals surface area (Å²) >= 11 is 2.12. The second kappa shape index (κ2) is 3.21. The highest BCUT2D eigenvalue weighted by molar-refractivity contribution is 14.1. The summed E-state index contributed by atoms with van der Waals surface area (Å²) in [6.45, 7) is 1.78. The molecule has 0 aliphatic heterocycles. The third kappa shape index (κ3) is 1.92. The normalized spacial score (nSPS) is 10.0. The second-order valence-electron chi connectivity index (χ2n) is 2.13. The number of aliphatic carboxylic acids is 1. The van der Waals surface area contributed by atoms with Crippen LogP contribution in [0.4, 0.5) is 0 Å². The highest BCUT2D eigenvalue weighted by Gasteiger charge is 2.05. The summed E-state index contributed by atoms with van der Waals surface area (Å²) in [6, 6.07) is 0. The van der Waals surface area contributed by atoms with Crippen molar-refractivity contribution >= 4 is 28.6 Å². The van der Waals surface area contributed by atoms with Gasteiger partial charge in [0.15, 0.2) is 0 Å². The van der Waals surface area contributed by atoms with Crippen LogP contribution in [0.3, 0.4) is 0 Å². The van der Waals surface area contributed by atoms with Gasteiger partial charge in [-0.05, 0) is 29.5 Å². The van der Waals surface area contributed by atoms with Gasteiger partial charge in [-0.15, -0.1) is 0 Å². The van der Waals surface area contributed by atoms with Gasteiger partial charge in [0.2, 0.25) is 0 Å². The third-order valence-electron chi connectivity index (χ3n) is 1.33. The fraction of sp³-hybridized carbons (Fsp3) is 0.333. The Labute approximate surface area is 77.4 Å². The molecular formula is C6H7IN2O2. The van der Waals surface area contributed by atoms with E-state index in [0.29, 0.717) is 0 Å². The standard InChI is InChI=1S/C6H7IN2O2/c1-4-5(7)2-8-9(4)3-6(10)11/h2H,3H2,1H3,(H,10,11). The molecule has 4 nitrogen and oxygen atoms in total. The molecule has 1 rings (SSSR count). The van der Waals surface area contributed by atoms with Crippen LogP contribution in [0.2, 0.25) is 0 Å². The Kier molecular flexibility index (Phi) is 2.48. The zero-order valence-electron chi connectivity index (χ0n) is 5.91. The van der Waals surface area contributed by atoms with Crippen LogP contribution in [0.15, 0.2) is 6.20 Å². The van der Waals surface area contributed by atoms with Gasteiger partial charge < -0.3 is 5.11 Å². The molecule has 1 heterocycles. The molecule has 11 heavy (non-hydrogen) atoms.